The van der Waals surface area contributed by atoms with Gasteiger partial charge in [-0.2, -0.15) is 18.3 Å². The Labute approximate surface area is 128 Å². The van der Waals surface area contributed by atoms with Crippen LogP contribution in [0.5, 0.6) is 0 Å². The molecule has 22 heavy (non-hydrogen) atoms. The lowest BCUT2D eigenvalue weighted by atomic mass is 9.86. The maximum atomic E-state index is 12.7. The number of aryl methyl sites for hydroxylation is 1. The molecule has 1 aliphatic carbocycles. The van der Waals surface area contributed by atoms with Gasteiger partial charge in [0.05, 0.1) is 0 Å². The highest BCUT2D eigenvalue weighted by Crippen LogP contribution is 2.29. The monoisotopic (exact) mass is 317 g/mol. The van der Waals surface area contributed by atoms with Crippen molar-refractivity contribution in [3.05, 3.63) is 17.5 Å². The van der Waals surface area contributed by atoms with Crippen LogP contribution in [0.1, 0.15) is 57.0 Å². The molecule has 0 aromatic carbocycles. The van der Waals surface area contributed by atoms with Gasteiger partial charge in [-0.15, -0.1) is 0 Å². The van der Waals surface area contributed by atoms with Crippen LogP contribution >= 0.6 is 0 Å². The minimum atomic E-state index is -4.50. The van der Waals surface area contributed by atoms with E-state index in [1.54, 1.807) is 6.92 Å². The van der Waals surface area contributed by atoms with Crippen molar-refractivity contribution in [3.8, 4) is 0 Å². The number of halogens is 3. The summed E-state index contributed by atoms with van der Waals surface area (Å²) < 4.78 is 39.2. The van der Waals surface area contributed by atoms with Crippen LogP contribution in [0.15, 0.2) is 6.07 Å². The van der Waals surface area contributed by atoms with E-state index in [0.29, 0.717) is 11.6 Å². The van der Waals surface area contributed by atoms with E-state index >= 15 is 0 Å². The molecule has 1 fully saturated rings. The number of amides is 1. The molecule has 1 amide bonds. The van der Waals surface area contributed by atoms with E-state index in [4.69, 9.17) is 0 Å². The van der Waals surface area contributed by atoms with Crippen LogP contribution in [-0.2, 0) is 11.0 Å². The molecule has 4 nitrogen and oxygen atoms in total. The Morgan fingerprint density at radius 3 is 2.59 bits per heavy atom. The molecule has 0 saturated heterocycles. The summed E-state index contributed by atoms with van der Waals surface area (Å²) >= 11 is 0. The molecular weight excluding hydrogens is 295 g/mol. The maximum Gasteiger partial charge on any atom is 0.435 e. The highest BCUT2D eigenvalue weighted by Gasteiger charge is 2.35. The molecule has 7 heteroatoms. The third-order valence-electron chi connectivity index (χ3n) is 4.40. The molecule has 0 unspecified atom stereocenters. The van der Waals surface area contributed by atoms with E-state index in [-0.39, 0.29) is 11.9 Å². The van der Waals surface area contributed by atoms with Gasteiger partial charge >= 0.3 is 6.18 Å². The fraction of sp³-hybridized carbons (Fsp3) is 0.733. The van der Waals surface area contributed by atoms with Crippen LogP contribution in [0.2, 0.25) is 0 Å². The van der Waals surface area contributed by atoms with Crippen molar-refractivity contribution in [1.29, 1.82) is 0 Å². The second-order valence-electron chi connectivity index (χ2n) is 6.17. The Kier molecular flexibility index (Phi) is 4.82. The molecule has 0 spiro atoms. The van der Waals surface area contributed by atoms with Crippen molar-refractivity contribution in [1.82, 2.24) is 15.1 Å². The zero-order valence-corrected chi connectivity index (χ0v) is 13.1. The summed E-state index contributed by atoms with van der Waals surface area (Å²) in [5.74, 6) is 0.119. The van der Waals surface area contributed by atoms with E-state index in [0.717, 1.165) is 36.4 Å². The molecule has 0 radical (unpaired) electrons. The SMILES string of the molecule is Cc1cc(C(F)(F)F)nn1[C@H](C)C(=O)N[C@@H]1CCCC[C@@H]1C. The molecule has 1 saturated carbocycles. The van der Waals surface area contributed by atoms with Gasteiger partial charge in [-0.1, -0.05) is 19.8 Å². The lowest BCUT2D eigenvalue weighted by molar-refractivity contribution is -0.142. The van der Waals surface area contributed by atoms with Gasteiger partial charge in [0.15, 0.2) is 5.69 Å². The minimum absolute atomic E-state index is 0.0988. The van der Waals surface area contributed by atoms with Crippen molar-refractivity contribution < 1.29 is 18.0 Å². The molecule has 1 aromatic rings. The number of alkyl halides is 3. The summed E-state index contributed by atoms with van der Waals surface area (Å²) in [5.41, 5.74) is -0.637. The number of aromatic nitrogens is 2. The van der Waals surface area contributed by atoms with Crippen LogP contribution in [-0.4, -0.2) is 21.7 Å². The molecule has 3 atom stereocenters. The summed E-state index contributed by atoms with van der Waals surface area (Å²) in [6.07, 6.45) is -0.271. The third kappa shape index (κ3) is 3.62. The highest BCUT2D eigenvalue weighted by molar-refractivity contribution is 5.80. The van der Waals surface area contributed by atoms with Gasteiger partial charge in [-0.25, -0.2) is 0 Å². The normalized spacial score (nSPS) is 24.1. The molecule has 0 bridgehead atoms. The summed E-state index contributed by atoms with van der Waals surface area (Å²) in [4.78, 5) is 12.3. The van der Waals surface area contributed by atoms with Gasteiger partial charge < -0.3 is 5.32 Å². The molecule has 1 N–H and O–H groups in total. The topological polar surface area (TPSA) is 46.9 Å². The number of hydrogen-bond acceptors (Lipinski definition) is 2. The maximum absolute atomic E-state index is 12.7. The van der Waals surface area contributed by atoms with Crippen LogP contribution in [0.4, 0.5) is 13.2 Å². The second-order valence-corrected chi connectivity index (χ2v) is 6.17. The lowest BCUT2D eigenvalue weighted by Crippen LogP contribution is -2.44. The summed E-state index contributed by atoms with van der Waals surface area (Å²) in [6.45, 7) is 5.19. The van der Waals surface area contributed by atoms with E-state index in [1.165, 1.54) is 6.92 Å². The summed E-state index contributed by atoms with van der Waals surface area (Å²) in [5, 5.41) is 6.51. The number of nitrogens with zero attached hydrogens (tertiary/aromatic N) is 2. The minimum Gasteiger partial charge on any atom is -0.351 e. The van der Waals surface area contributed by atoms with Crippen LogP contribution in [0.3, 0.4) is 0 Å². The molecule has 2 rings (SSSR count). The zero-order valence-electron chi connectivity index (χ0n) is 13.1. The molecule has 1 aliphatic rings. The standard InChI is InChI=1S/C15H22F3N3O/c1-9-6-4-5-7-12(9)19-14(22)11(3)21-10(2)8-13(20-21)15(16,17)18/h8-9,11-12H,4-7H2,1-3H3,(H,19,22)/t9-,11+,12+/m0/s1. The number of hydrogen-bond donors (Lipinski definition) is 1. The Hall–Kier alpha value is -1.53. The number of rotatable bonds is 3. The van der Waals surface area contributed by atoms with E-state index in [2.05, 4.69) is 17.3 Å². The van der Waals surface area contributed by atoms with Crippen molar-refractivity contribution in [2.24, 2.45) is 5.92 Å². The first-order chi connectivity index (χ1) is 10.2. The average Bonchev–Trinajstić information content (AvgIpc) is 2.82. The first kappa shape index (κ1) is 16.8. The average molecular weight is 317 g/mol. The molecular formula is C15H22F3N3O. The predicted molar refractivity (Wildman–Crippen MR) is 76.2 cm³/mol. The Morgan fingerprint density at radius 2 is 2.05 bits per heavy atom. The number of carbonyl (C=O) groups excluding carboxylic acids is 1. The molecule has 1 heterocycles. The number of nitrogens with one attached hydrogen (secondary N) is 1. The van der Waals surface area contributed by atoms with Crippen molar-refractivity contribution in [3.63, 3.8) is 0 Å². The van der Waals surface area contributed by atoms with Crippen molar-refractivity contribution >= 4 is 5.91 Å². The summed E-state index contributed by atoms with van der Waals surface area (Å²) in [6, 6.07) is 0.305. The fourth-order valence-corrected chi connectivity index (χ4v) is 2.96. The van der Waals surface area contributed by atoms with E-state index in [9.17, 15) is 18.0 Å². The molecule has 1 aromatic heterocycles. The van der Waals surface area contributed by atoms with Gasteiger partial charge in [0.25, 0.3) is 0 Å². The highest BCUT2D eigenvalue weighted by atomic mass is 19.4. The largest absolute Gasteiger partial charge is 0.435 e. The first-order valence-corrected chi connectivity index (χ1v) is 7.64. The van der Waals surface area contributed by atoms with Crippen LogP contribution in [0, 0.1) is 12.8 Å². The Bertz CT molecular complexity index is 539. The van der Waals surface area contributed by atoms with E-state index in [1.807, 2.05) is 0 Å². The third-order valence-corrected chi connectivity index (χ3v) is 4.40. The van der Waals surface area contributed by atoms with Gasteiger partial charge in [0.2, 0.25) is 5.91 Å². The quantitative estimate of drug-likeness (QED) is 0.928. The van der Waals surface area contributed by atoms with Crippen molar-refractivity contribution in [2.75, 3.05) is 0 Å². The van der Waals surface area contributed by atoms with Gasteiger partial charge in [0.1, 0.15) is 6.04 Å². The Balaban J connectivity index is 2.09. The predicted octanol–water partition coefficient (Wildman–Crippen LogP) is 3.47. The van der Waals surface area contributed by atoms with Gasteiger partial charge in [0, 0.05) is 11.7 Å². The molecule has 0 aliphatic heterocycles. The second kappa shape index (κ2) is 6.30. The van der Waals surface area contributed by atoms with Crippen LogP contribution in [0.25, 0.3) is 0 Å². The smallest absolute Gasteiger partial charge is 0.351 e. The lowest BCUT2D eigenvalue weighted by Gasteiger charge is -2.30. The van der Waals surface area contributed by atoms with E-state index < -0.39 is 17.9 Å². The van der Waals surface area contributed by atoms with Crippen molar-refractivity contribution in [2.45, 2.75) is 64.7 Å². The fourth-order valence-electron chi connectivity index (χ4n) is 2.96. The van der Waals surface area contributed by atoms with Gasteiger partial charge in [-0.05, 0) is 38.7 Å². The van der Waals surface area contributed by atoms with Gasteiger partial charge in [-0.3, -0.25) is 9.48 Å². The van der Waals surface area contributed by atoms with Crippen LogP contribution < -0.4 is 5.32 Å². The first-order valence-electron chi connectivity index (χ1n) is 7.64. The number of carbonyl (C=O) groups is 1. The zero-order chi connectivity index (χ0) is 16.5. The molecule has 124 valence electrons. The summed E-state index contributed by atoms with van der Waals surface area (Å²) in [7, 11) is 0. The Morgan fingerprint density at radius 1 is 1.41 bits per heavy atom.